The Hall–Kier alpha value is -2.37. The molecule has 0 saturated heterocycles. The highest BCUT2D eigenvalue weighted by Crippen LogP contribution is 2.28. The fraction of sp³-hybridized carbons (Fsp3) is 0.250. The number of hydrogen-bond donors (Lipinski definition) is 1. The van der Waals surface area contributed by atoms with Gasteiger partial charge in [0, 0.05) is 25.0 Å². The van der Waals surface area contributed by atoms with E-state index in [0.717, 1.165) is 17.1 Å². The van der Waals surface area contributed by atoms with Gasteiger partial charge in [-0.25, -0.2) is 0 Å². The summed E-state index contributed by atoms with van der Waals surface area (Å²) in [6.07, 6.45) is 1.84. The molecule has 2 aromatic rings. The van der Waals surface area contributed by atoms with Crippen molar-refractivity contribution < 1.29 is 4.92 Å². The molecule has 0 aliphatic rings. The number of nitrogens with zero attached hydrogens (tertiary/aromatic N) is 3. The molecule has 18 heavy (non-hydrogen) atoms. The predicted octanol–water partition coefficient (Wildman–Crippen LogP) is 2.69. The first-order valence-corrected chi connectivity index (χ1v) is 5.50. The highest BCUT2D eigenvalue weighted by atomic mass is 16.6. The fourth-order valence-corrected chi connectivity index (χ4v) is 1.82. The fourth-order valence-electron chi connectivity index (χ4n) is 1.82. The Morgan fingerprint density at radius 3 is 2.61 bits per heavy atom. The molecule has 1 N–H and O–H groups in total. The van der Waals surface area contributed by atoms with E-state index in [1.165, 1.54) is 6.07 Å². The van der Waals surface area contributed by atoms with Crippen LogP contribution in [0.5, 0.6) is 0 Å². The number of nitrogens with one attached hydrogen (secondary N) is 1. The van der Waals surface area contributed by atoms with Crippen molar-refractivity contribution in [3.63, 3.8) is 0 Å². The van der Waals surface area contributed by atoms with Crippen molar-refractivity contribution in [3.8, 4) is 0 Å². The number of nitro benzene ring substituents is 1. The second-order valence-corrected chi connectivity index (χ2v) is 4.13. The van der Waals surface area contributed by atoms with Crippen LogP contribution in [0, 0.1) is 24.0 Å². The predicted molar refractivity (Wildman–Crippen MR) is 69.1 cm³/mol. The molecular weight excluding hydrogens is 232 g/mol. The Balaban J connectivity index is 2.38. The van der Waals surface area contributed by atoms with E-state index in [2.05, 4.69) is 10.4 Å². The van der Waals surface area contributed by atoms with Crippen molar-refractivity contribution in [1.29, 1.82) is 0 Å². The normalized spacial score (nSPS) is 10.4. The lowest BCUT2D eigenvalue weighted by Crippen LogP contribution is -1.97. The highest BCUT2D eigenvalue weighted by Gasteiger charge is 2.14. The Labute approximate surface area is 104 Å². The summed E-state index contributed by atoms with van der Waals surface area (Å²) in [7, 11) is 1.83. The maximum absolute atomic E-state index is 10.9. The quantitative estimate of drug-likeness (QED) is 0.667. The third kappa shape index (κ3) is 2.17. The first-order chi connectivity index (χ1) is 8.49. The molecule has 0 unspecified atom stereocenters. The minimum atomic E-state index is -0.378. The van der Waals surface area contributed by atoms with Gasteiger partial charge in [0.15, 0.2) is 0 Å². The van der Waals surface area contributed by atoms with Crippen LogP contribution in [-0.2, 0) is 7.05 Å². The van der Waals surface area contributed by atoms with Crippen LogP contribution < -0.4 is 5.32 Å². The number of rotatable bonds is 3. The molecule has 6 nitrogen and oxygen atoms in total. The van der Waals surface area contributed by atoms with Gasteiger partial charge in [-0.2, -0.15) is 5.10 Å². The zero-order valence-corrected chi connectivity index (χ0v) is 10.5. The molecule has 0 fully saturated rings. The number of anilines is 2. The minimum absolute atomic E-state index is 0.113. The summed E-state index contributed by atoms with van der Waals surface area (Å²) in [6.45, 7) is 3.61. The number of benzene rings is 1. The van der Waals surface area contributed by atoms with Gasteiger partial charge in [-0.3, -0.25) is 14.8 Å². The molecule has 6 heteroatoms. The van der Waals surface area contributed by atoms with Gasteiger partial charge < -0.3 is 5.32 Å². The highest BCUT2D eigenvalue weighted by molar-refractivity contribution is 5.68. The van der Waals surface area contributed by atoms with E-state index >= 15 is 0 Å². The molecule has 0 aliphatic heterocycles. The average Bonchev–Trinajstić information content (AvgIpc) is 2.60. The number of hydrogen-bond acceptors (Lipinski definition) is 4. The standard InChI is InChI=1S/C12H14N4O2/c1-8-10(5-4-6-12(8)16(17)18)13-11-7-15(3)14-9(11)2/h4-7,13H,1-3H3. The molecule has 0 saturated carbocycles. The van der Waals surface area contributed by atoms with Gasteiger partial charge in [-0.15, -0.1) is 0 Å². The van der Waals surface area contributed by atoms with Crippen LogP contribution >= 0.6 is 0 Å². The molecule has 94 valence electrons. The lowest BCUT2D eigenvalue weighted by atomic mass is 10.1. The number of aryl methyl sites for hydroxylation is 2. The average molecular weight is 246 g/mol. The van der Waals surface area contributed by atoms with Crippen molar-refractivity contribution in [1.82, 2.24) is 9.78 Å². The molecule has 0 spiro atoms. The van der Waals surface area contributed by atoms with E-state index in [1.807, 2.05) is 26.2 Å². The third-order valence-corrected chi connectivity index (χ3v) is 2.78. The molecule has 1 aromatic carbocycles. The Morgan fingerprint density at radius 1 is 1.33 bits per heavy atom. The van der Waals surface area contributed by atoms with Crippen molar-refractivity contribution in [2.75, 3.05) is 5.32 Å². The van der Waals surface area contributed by atoms with Crippen LogP contribution in [0.2, 0.25) is 0 Å². The summed E-state index contributed by atoms with van der Waals surface area (Å²) < 4.78 is 1.70. The molecule has 0 aliphatic carbocycles. The van der Waals surface area contributed by atoms with E-state index in [9.17, 15) is 10.1 Å². The van der Waals surface area contributed by atoms with E-state index in [-0.39, 0.29) is 10.6 Å². The number of nitro groups is 1. The number of aromatic nitrogens is 2. The van der Waals surface area contributed by atoms with Crippen LogP contribution in [-0.4, -0.2) is 14.7 Å². The summed E-state index contributed by atoms with van der Waals surface area (Å²) in [4.78, 5) is 10.5. The molecular formula is C12H14N4O2. The van der Waals surface area contributed by atoms with Crippen molar-refractivity contribution >= 4 is 17.1 Å². The van der Waals surface area contributed by atoms with Gasteiger partial charge in [0.05, 0.1) is 21.9 Å². The molecule has 1 aromatic heterocycles. The SMILES string of the molecule is Cc1nn(C)cc1Nc1cccc([N+](=O)[O-])c1C. The molecule has 0 radical (unpaired) electrons. The van der Waals surface area contributed by atoms with Crippen LogP contribution in [0.15, 0.2) is 24.4 Å². The van der Waals surface area contributed by atoms with Crippen molar-refractivity contribution in [3.05, 3.63) is 45.8 Å². The Bertz CT molecular complexity index is 604. The van der Waals surface area contributed by atoms with Gasteiger partial charge in [0.1, 0.15) is 0 Å². The maximum atomic E-state index is 10.9. The van der Waals surface area contributed by atoms with E-state index in [0.29, 0.717) is 5.56 Å². The van der Waals surface area contributed by atoms with E-state index in [1.54, 1.807) is 17.7 Å². The maximum Gasteiger partial charge on any atom is 0.274 e. The largest absolute Gasteiger partial charge is 0.352 e. The van der Waals surface area contributed by atoms with Gasteiger partial charge in [0.25, 0.3) is 5.69 Å². The lowest BCUT2D eigenvalue weighted by molar-refractivity contribution is -0.385. The van der Waals surface area contributed by atoms with Gasteiger partial charge >= 0.3 is 0 Å². The second-order valence-electron chi connectivity index (χ2n) is 4.13. The van der Waals surface area contributed by atoms with Gasteiger partial charge in [-0.1, -0.05) is 6.07 Å². The van der Waals surface area contributed by atoms with E-state index < -0.39 is 0 Å². The summed E-state index contributed by atoms with van der Waals surface area (Å²) in [5.74, 6) is 0. The minimum Gasteiger partial charge on any atom is -0.352 e. The molecule has 2 rings (SSSR count). The van der Waals surface area contributed by atoms with Crippen molar-refractivity contribution in [2.45, 2.75) is 13.8 Å². The van der Waals surface area contributed by atoms with Crippen LogP contribution in [0.1, 0.15) is 11.3 Å². The first kappa shape index (κ1) is 12.1. The van der Waals surface area contributed by atoms with Gasteiger partial charge in [-0.05, 0) is 19.9 Å². The summed E-state index contributed by atoms with van der Waals surface area (Å²) in [6, 6.07) is 4.98. The molecule has 0 atom stereocenters. The first-order valence-electron chi connectivity index (χ1n) is 5.50. The smallest absolute Gasteiger partial charge is 0.274 e. The Kier molecular flexibility index (Phi) is 3.01. The summed E-state index contributed by atoms with van der Waals surface area (Å²) in [5, 5.41) is 18.2. The van der Waals surface area contributed by atoms with Crippen LogP contribution in [0.4, 0.5) is 17.1 Å². The lowest BCUT2D eigenvalue weighted by Gasteiger charge is -2.08. The molecule has 0 bridgehead atoms. The van der Waals surface area contributed by atoms with Crippen molar-refractivity contribution in [2.24, 2.45) is 7.05 Å². The zero-order chi connectivity index (χ0) is 13.3. The summed E-state index contributed by atoms with van der Waals surface area (Å²) in [5.41, 5.74) is 3.15. The zero-order valence-electron chi connectivity index (χ0n) is 10.5. The van der Waals surface area contributed by atoms with Gasteiger partial charge in [0.2, 0.25) is 0 Å². The molecule has 0 amide bonds. The second kappa shape index (κ2) is 4.48. The Morgan fingerprint density at radius 2 is 2.06 bits per heavy atom. The third-order valence-electron chi connectivity index (χ3n) is 2.78. The van der Waals surface area contributed by atoms with Crippen LogP contribution in [0.3, 0.4) is 0 Å². The van der Waals surface area contributed by atoms with E-state index in [4.69, 9.17) is 0 Å². The summed E-state index contributed by atoms with van der Waals surface area (Å²) >= 11 is 0. The molecule has 1 heterocycles. The topological polar surface area (TPSA) is 73.0 Å². The monoisotopic (exact) mass is 246 g/mol. The van der Waals surface area contributed by atoms with Crippen LogP contribution in [0.25, 0.3) is 0 Å².